The van der Waals surface area contributed by atoms with Crippen LogP contribution in [0.3, 0.4) is 0 Å². The van der Waals surface area contributed by atoms with E-state index >= 15 is 0 Å². The van der Waals surface area contributed by atoms with E-state index < -0.39 is 18.0 Å². The molecule has 3 aromatic rings. The van der Waals surface area contributed by atoms with Gasteiger partial charge < -0.3 is 10.6 Å². The zero-order chi connectivity index (χ0) is 20.9. The van der Waals surface area contributed by atoms with Crippen molar-refractivity contribution in [1.82, 2.24) is 25.0 Å². The van der Waals surface area contributed by atoms with E-state index in [4.69, 9.17) is 0 Å². The predicted octanol–water partition coefficient (Wildman–Crippen LogP) is 1.78. The highest BCUT2D eigenvalue weighted by molar-refractivity contribution is 6.06. The summed E-state index contributed by atoms with van der Waals surface area (Å²) in [6, 6.07) is 15.2. The monoisotopic (exact) mass is 404 g/mol. The first-order chi connectivity index (χ1) is 14.6. The molecule has 0 spiro atoms. The van der Waals surface area contributed by atoms with Gasteiger partial charge in [0, 0.05) is 5.69 Å². The minimum Gasteiger partial charge on any atom is -0.326 e. The largest absolute Gasteiger partial charge is 0.326 e. The van der Waals surface area contributed by atoms with Crippen molar-refractivity contribution in [2.24, 2.45) is 0 Å². The SMILES string of the molecule is O=C(C[C@H]1NC(=O)N(Cc2ccccc2)C1=O)Nc1ccc(Cn2cncn2)cc1. The van der Waals surface area contributed by atoms with Crippen LogP contribution in [0.25, 0.3) is 0 Å². The zero-order valence-corrected chi connectivity index (χ0v) is 16.1. The van der Waals surface area contributed by atoms with Gasteiger partial charge in [0.15, 0.2) is 0 Å². The van der Waals surface area contributed by atoms with Crippen LogP contribution >= 0.6 is 0 Å². The van der Waals surface area contributed by atoms with E-state index in [0.717, 1.165) is 16.0 Å². The van der Waals surface area contributed by atoms with Crippen molar-refractivity contribution in [3.8, 4) is 0 Å². The van der Waals surface area contributed by atoms with Crippen molar-refractivity contribution in [2.45, 2.75) is 25.6 Å². The Balaban J connectivity index is 1.31. The number of hydrogen-bond acceptors (Lipinski definition) is 5. The maximum Gasteiger partial charge on any atom is 0.325 e. The van der Waals surface area contributed by atoms with Crippen molar-refractivity contribution in [3.05, 3.63) is 78.4 Å². The van der Waals surface area contributed by atoms with Gasteiger partial charge in [0.2, 0.25) is 5.91 Å². The molecule has 0 aliphatic carbocycles. The van der Waals surface area contributed by atoms with Crippen LogP contribution < -0.4 is 10.6 Å². The van der Waals surface area contributed by atoms with Gasteiger partial charge in [0.25, 0.3) is 5.91 Å². The Hall–Kier alpha value is -4.01. The van der Waals surface area contributed by atoms with Gasteiger partial charge in [-0.3, -0.25) is 14.5 Å². The molecule has 1 aliphatic heterocycles. The van der Waals surface area contributed by atoms with Gasteiger partial charge in [-0.1, -0.05) is 42.5 Å². The van der Waals surface area contributed by atoms with Gasteiger partial charge in [-0.25, -0.2) is 14.5 Å². The minimum atomic E-state index is -0.868. The molecule has 0 radical (unpaired) electrons. The van der Waals surface area contributed by atoms with Crippen LogP contribution in [0.5, 0.6) is 0 Å². The molecule has 1 aliphatic rings. The number of nitrogens with one attached hydrogen (secondary N) is 2. The summed E-state index contributed by atoms with van der Waals surface area (Å²) in [5.41, 5.74) is 2.46. The third-order valence-electron chi connectivity index (χ3n) is 4.73. The first-order valence-corrected chi connectivity index (χ1v) is 9.45. The summed E-state index contributed by atoms with van der Waals surface area (Å²) in [4.78, 5) is 42.1. The molecule has 1 atom stereocenters. The summed E-state index contributed by atoms with van der Waals surface area (Å²) in [7, 11) is 0. The Morgan fingerprint density at radius 1 is 1.00 bits per heavy atom. The lowest BCUT2D eigenvalue weighted by molar-refractivity contribution is -0.130. The fourth-order valence-corrected chi connectivity index (χ4v) is 3.22. The number of rotatable bonds is 7. The van der Waals surface area contributed by atoms with Crippen LogP contribution in [0.15, 0.2) is 67.3 Å². The van der Waals surface area contributed by atoms with Gasteiger partial charge in [0.1, 0.15) is 18.7 Å². The molecular formula is C21H20N6O3. The molecule has 9 nitrogen and oxygen atoms in total. The van der Waals surface area contributed by atoms with E-state index in [2.05, 4.69) is 20.7 Å². The van der Waals surface area contributed by atoms with E-state index in [9.17, 15) is 14.4 Å². The van der Waals surface area contributed by atoms with E-state index in [1.807, 2.05) is 42.5 Å². The van der Waals surface area contributed by atoms with Crippen molar-refractivity contribution >= 4 is 23.5 Å². The van der Waals surface area contributed by atoms with Crippen molar-refractivity contribution in [1.29, 1.82) is 0 Å². The Morgan fingerprint density at radius 2 is 1.73 bits per heavy atom. The minimum absolute atomic E-state index is 0.128. The summed E-state index contributed by atoms with van der Waals surface area (Å²) in [5.74, 6) is -0.749. The van der Waals surface area contributed by atoms with Gasteiger partial charge >= 0.3 is 6.03 Å². The molecule has 0 saturated carbocycles. The summed E-state index contributed by atoms with van der Waals surface area (Å²) < 4.78 is 1.70. The molecule has 1 fully saturated rings. The number of anilines is 1. The molecule has 2 N–H and O–H groups in total. The van der Waals surface area contributed by atoms with Gasteiger partial charge in [-0.2, -0.15) is 5.10 Å². The number of benzene rings is 2. The van der Waals surface area contributed by atoms with Crippen molar-refractivity contribution in [2.75, 3.05) is 5.32 Å². The number of hydrogen-bond donors (Lipinski definition) is 2. The van der Waals surface area contributed by atoms with Crippen LogP contribution in [0, 0.1) is 0 Å². The lowest BCUT2D eigenvalue weighted by Gasteiger charge is -2.13. The van der Waals surface area contributed by atoms with Crippen LogP contribution in [-0.4, -0.2) is 43.6 Å². The lowest BCUT2D eigenvalue weighted by Crippen LogP contribution is -2.34. The highest BCUT2D eigenvalue weighted by atomic mass is 16.2. The second-order valence-corrected chi connectivity index (χ2v) is 6.95. The van der Waals surface area contributed by atoms with E-state index in [-0.39, 0.29) is 18.9 Å². The standard InChI is InChI=1S/C21H20N6O3/c28-19(24-17-8-6-16(7-9-17)11-26-14-22-13-23-26)10-18-20(29)27(21(30)25-18)12-15-4-2-1-3-5-15/h1-9,13-14,18H,10-12H2,(H,24,28)(H,25,30)/t18-/m1/s1. The number of urea groups is 1. The maximum absolute atomic E-state index is 12.6. The fraction of sp³-hybridized carbons (Fsp3) is 0.190. The first kappa shape index (κ1) is 19.3. The Bertz CT molecular complexity index is 1030. The maximum atomic E-state index is 12.6. The second-order valence-electron chi connectivity index (χ2n) is 6.95. The quantitative estimate of drug-likeness (QED) is 0.584. The molecule has 4 rings (SSSR count). The highest BCUT2D eigenvalue weighted by Crippen LogP contribution is 2.16. The number of carbonyl (C=O) groups is 3. The molecule has 2 aromatic carbocycles. The number of carbonyl (C=O) groups excluding carboxylic acids is 3. The molecule has 1 aromatic heterocycles. The second kappa shape index (κ2) is 8.56. The summed E-state index contributed by atoms with van der Waals surface area (Å²) >= 11 is 0. The van der Waals surface area contributed by atoms with E-state index in [1.54, 1.807) is 23.1 Å². The molecule has 1 saturated heterocycles. The molecule has 9 heteroatoms. The molecule has 0 unspecified atom stereocenters. The smallest absolute Gasteiger partial charge is 0.325 e. The lowest BCUT2D eigenvalue weighted by atomic mass is 10.1. The van der Waals surface area contributed by atoms with Crippen molar-refractivity contribution in [3.63, 3.8) is 0 Å². The normalized spacial score (nSPS) is 15.9. The Labute approximate surface area is 172 Å². The van der Waals surface area contributed by atoms with Gasteiger partial charge in [-0.05, 0) is 23.3 Å². The van der Waals surface area contributed by atoms with Gasteiger partial charge in [-0.15, -0.1) is 0 Å². The summed E-state index contributed by atoms with van der Waals surface area (Å²) in [6.07, 6.45) is 2.97. The molecule has 4 amide bonds. The van der Waals surface area contributed by atoms with Crippen molar-refractivity contribution < 1.29 is 14.4 Å². The summed E-state index contributed by atoms with van der Waals surface area (Å²) in [6.45, 7) is 0.755. The molecule has 0 bridgehead atoms. The zero-order valence-electron chi connectivity index (χ0n) is 16.1. The molecular weight excluding hydrogens is 384 g/mol. The average Bonchev–Trinajstić information content (AvgIpc) is 3.34. The Morgan fingerprint density at radius 3 is 2.43 bits per heavy atom. The molecule has 2 heterocycles. The third kappa shape index (κ3) is 4.52. The van der Waals surface area contributed by atoms with Gasteiger partial charge in [0.05, 0.1) is 19.5 Å². The average molecular weight is 404 g/mol. The third-order valence-corrected chi connectivity index (χ3v) is 4.73. The molecule has 152 valence electrons. The molecule has 30 heavy (non-hydrogen) atoms. The highest BCUT2D eigenvalue weighted by Gasteiger charge is 2.38. The van der Waals surface area contributed by atoms with E-state index in [0.29, 0.717) is 12.2 Å². The number of nitrogens with zero attached hydrogens (tertiary/aromatic N) is 4. The van der Waals surface area contributed by atoms with Crippen LogP contribution in [-0.2, 0) is 22.7 Å². The van der Waals surface area contributed by atoms with E-state index in [1.165, 1.54) is 6.33 Å². The predicted molar refractivity (Wildman–Crippen MR) is 108 cm³/mol. The fourth-order valence-electron chi connectivity index (χ4n) is 3.22. The first-order valence-electron chi connectivity index (χ1n) is 9.45. The number of aromatic nitrogens is 3. The number of amides is 4. The van der Waals surface area contributed by atoms with Crippen LogP contribution in [0.4, 0.5) is 10.5 Å². The number of imide groups is 1. The van der Waals surface area contributed by atoms with Crippen LogP contribution in [0.2, 0.25) is 0 Å². The summed E-state index contributed by atoms with van der Waals surface area (Å²) in [5, 5.41) is 9.40. The van der Waals surface area contributed by atoms with Crippen LogP contribution in [0.1, 0.15) is 17.5 Å². The topological polar surface area (TPSA) is 109 Å². The Kier molecular flexibility index (Phi) is 5.51.